The Bertz CT molecular complexity index is 740. The van der Waals surface area contributed by atoms with Gasteiger partial charge >= 0.3 is 0 Å². The van der Waals surface area contributed by atoms with E-state index in [-0.39, 0.29) is 0 Å². The summed E-state index contributed by atoms with van der Waals surface area (Å²) in [6, 6.07) is 2.10. The number of anilines is 1. The zero-order chi connectivity index (χ0) is 14.8. The zero-order valence-corrected chi connectivity index (χ0v) is 12.6. The van der Waals surface area contributed by atoms with E-state index in [9.17, 15) is 0 Å². The molecule has 110 valence electrons. The average Bonchev–Trinajstić information content (AvgIpc) is 3.05. The van der Waals surface area contributed by atoms with E-state index < -0.39 is 0 Å². The number of aromatic nitrogens is 5. The normalized spacial score (nSPS) is 11.4. The van der Waals surface area contributed by atoms with Gasteiger partial charge in [0.15, 0.2) is 5.82 Å². The summed E-state index contributed by atoms with van der Waals surface area (Å²) < 4.78 is 3.70. The van der Waals surface area contributed by atoms with Crippen molar-refractivity contribution in [2.75, 3.05) is 11.9 Å². The molecule has 0 radical (unpaired) electrons. The number of rotatable bonds is 5. The molecule has 0 fully saturated rings. The second-order valence-corrected chi connectivity index (χ2v) is 5.53. The molecule has 0 aliphatic rings. The van der Waals surface area contributed by atoms with Gasteiger partial charge < -0.3 is 5.32 Å². The summed E-state index contributed by atoms with van der Waals surface area (Å²) in [7, 11) is 1.93. The molecule has 3 aromatic heterocycles. The van der Waals surface area contributed by atoms with Gasteiger partial charge in [-0.2, -0.15) is 10.2 Å². The van der Waals surface area contributed by atoms with Gasteiger partial charge in [0.05, 0.1) is 11.9 Å². The van der Waals surface area contributed by atoms with Crippen LogP contribution in [0.3, 0.4) is 0 Å². The second kappa shape index (κ2) is 5.55. The SMILES string of the molecule is CC(C)c1cc2c(NCCc3cnn(C)c3)nccn2n1. The summed E-state index contributed by atoms with van der Waals surface area (Å²) in [5.74, 6) is 1.29. The Morgan fingerprint density at radius 2 is 2.19 bits per heavy atom. The Morgan fingerprint density at radius 1 is 1.33 bits per heavy atom. The second-order valence-electron chi connectivity index (χ2n) is 5.53. The fourth-order valence-electron chi connectivity index (χ4n) is 2.29. The zero-order valence-electron chi connectivity index (χ0n) is 12.6. The third-order valence-electron chi connectivity index (χ3n) is 3.46. The van der Waals surface area contributed by atoms with Crippen LogP contribution in [0.15, 0.2) is 30.9 Å². The van der Waals surface area contributed by atoms with Crippen molar-refractivity contribution in [2.24, 2.45) is 7.05 Å². The molecule has 6 nitrogen and oxygen atoms in total. The Balaban J connectivity index is 1.74. The van der Waals surface area contributed by atoms with Crippen molar-refractivity contribution in [2.45, 2.75) is 26.2 Å². The van der Waals surface area contributed by atoms with Crippen molar-refractivity contribution < 1.29 is 0 Å². The molecule has 3 rings (SSSR count). The predicted molar refractivity (Wildman–Crippen MR) is 82.5 cm³/mol. The Kier molecular flexibility index (Phi) is 3.60. The lowest BCUT2D eigenvalue weighted by Gasteiger charge is -2.05. The molecule has 1 N–H and O–H groups in total. The average molecular weight is 284 g/mol. The molecule has 0 amide bonds. The van der Waals surface area contributed by atoms with Crippen LogP contribution in [-0.2, 0) is 13.5 Å². The van der Waals surface area contributed by atoms with Crippen molar-refractivity contribution in [3.05, 3.63) is 42.1 Å². The fraction of sp³-hybridized carbons (Fsp3) is 0.400. The predicted octanol–water partition coefficient (Wildman–Crippen LogP) is 2.24. The van der Waals surface area contributed by atoms with Gasteiger partial charge in [-0.3, -0.25) is 4.68 Å². The van der Waals surface area contributed by atoms with E-state index in [4.69, 9.17) is 0 Å². The molecule has 0 saturated heterocycles. The van der Waals surface area contributed by atoms with E-state index in [1.165, 1.54) is 5.56 Å². The monoisotopic (exact) mass is 284 g/mol. The fourth-order valence-corrected chi connectivity index (χ4v) is 2.29. The number of fused-ring (bicyclic) bond motifs is 1. The minimum Gasteiger partial charge on any atom is -0.368 e. The highest BCUT2D eigenvalue weighted by atomic mass is 15.2. The van der Waals surface area contributed by atoms with E-state index in [0.717, 1.165) is 30.0 Å². The maximum absolute atomic E-state index is 4.57. The summed E-state index contributed by atoms with van der Waals surface area (Å²) in [5, 5.41) is 12.1. The number of aryl methyl sites for hydroxylation is 1. The lowest BCUT2D eigenvalue weighted by atomic mass is 10.1. The molecule has 0 atom stereocenters. The van der Waals surface area contributed by atoms with Gasteiger partial charge in [0, 0.05) is 32.2 Å². The minimum atomic E-state index is 0.410. The number of nitrogens with zero attached hydrogens (tertiary/aromatic N) is 5. The first-order chi connectivity index (χ1) is 10.1. The van der Waals surface area contributed by atoms with Crippen LogP contribution in [0.25, 0.3) is 5.52 Å². The lowest BCUT2D eigenvalue weighted by Crippen LogP contribution is -2.07. The van der Waals surface area contributed by atoms with E-state index in [1.807, 2.05) is 34.8 Å². The van der Waals surface area contributed by atoms with Crippen molar-refractivity contribution in [3.63, 3.8) is 0 Å². The van der Waals surface area contributed by atoms with Crippen molar-refractivity contribution in [1.82, 2.24) is 24.4 Å². The Morgan fingerprint density at radius 3 is 2.90 bits per heavy atom. The van der Waals surface area contributed by atoms with Gasteiger partial charge in [-0.25, -0.2) is 9.50 Å². The molecule has 0 saturated carbocycles. The maximum atomic E-state index is 4.57. The summed E-state index contributed by atoms with van der Waals surface area (Å²) in [6.45, 7) is 5.11. The van der Waals surface area contributed by atoms with Crippen LogP contribution in [0.1, 0.15) is 31.0 Å². The van der Waals surface area contributed by atoms with E-state index in [2.05, 4.69) is 40.4 Å². The minimum absolute atomic E-state index is 0.410. The van der Waals surface area contributed by atoms with Gasteiger partial charge in [-0.15, -0.1) is 0 Å². The molecule has 21 heavy (non-hydrogen) atoms. The first kappa shape index (κ1) is 13.6. The molecule has 0 aliphatic carbocycles. The van der Waals surface area contributed by atoms with Gasteiger partial charge in [0.1, 0.15) is 5.52 Å². The summed E-state index contributed by atoms with van der Waals surface area (Å²) in [5.41, 5.74) is 3.32. The maximum Gasteiger partial charge on any atom is 0.152 e. The third kappa shape index (κ3) is 2.89. The molecular formula is C15H20N6. The van der Waals surface area contributed by atoms with Crippen molar-refractivity contribution >= 4 is 11.3 Å². The quantitative estimate of drug-likeness (QED) is 0.780. The van der Waals surface area contributed by atoms with E-state index >= 15 is 0 Å². The van der Waals surface area contributed by atoms with Crippen molar-refractivity contribution in [1.29, 1.82) is 0 Å². The first-order valence-electron chi connectivity index (χ1n) is 7.19. The summed E-state index contributed by atoms with van der Waals surface area (Å²) in [4.78, 5) is 4.42. The van der Waals surface area contributed by atoms with Crippen LogP contribution >= 0.6 is 0 Å². The Hall–Kier alpha value is -2.37. The van der Waals surface area contributed by atoms with Gasteiger partial charge in [-0.1, -0.05) is 13.8 Å². The van der Waals surface area contributed by atoms with Gasteiger partial charge in [0.25, 0.3) is 0 Å². The topological polar surface area (TPSA) is 60.0 Å². The number of nitrogens with one attached hydrogen (secondary N) is 1. The number of hydrogen-bond donors (Lipinski definition) is 1. The molecule has 0 spiro atoms. The summed E-state index contributed by atoms with van der Waals surface area (Å²) >= 11 is 0. The molecule has 3 aromatic rings. The van der Waals surface area contributed by atoms with E-state index in [1.54, 1.807) is 6.20 Å². The molecule has 0 aromatic carbocycles. The third-order valence-corrected chi connectivity index (χ3v) is 3.46. The van der Waals surface area contributed by atoms with Crippen LogP contribution in [0, 0.1) is 0 Å². The van der Waals surface area contributed by atoms with E-state index in [0.29, 0.717) is 5.92 Å². The first-order valence-corrected chi connectivity index (χ1v) is 7.19. The molecule has 3 heterocycles. The Labute approximate surface area is 123 Å². The smallest absolute Gasteiger partial charge is 0.152 e. The largest absolute Gasteiger partial charge is 0.368 e. The van der Waals surface area contributed by atoms with Crippen LogP contribution in [0.4, 0.5) is 5.82 Å². The highest BCUT2D eigenvalue weighted by Crippen LogP contribution is 2.19. The molecule has 6 heteroatoms. The number of hydrogen-bond acceptors (Lipinski definition) is 4. The lowest BCUT2D eigenvalue weighted by molar-refractivity contribution is 0.766. The highest BCUT2D eigenvalue weighted by Gasteiger charge is 2.09. The standard InChI is InChI=1S/C15H20N6/c1-11(2)13-8-14-15(17-6-7-21(14)19-13)16-5-4-12-9-18-20(3)10-12/h6-11H,4-5H2,1-3H3,(H,16,17). The molecule has 0 unspecified atom stereocenters. The van der Waals surface area contributed by atoms with Gasteiger partial charge in [-0.05, 0) is 24.0 Å². The van der Waals surface area contributed by atoms with Crippen LogP contribution in [0.2, 0.25) is 0 Å². The van der Waals surface area contributed by atoms with Crippen LogP contribution in [0.5, 0.6) is 0 Å². The molecular weight excluding hydrogens is 264 g/mol. The molecule has 0 aliphatic heterocycles. The molecule has 0 bridgehead atoms. The van der Waals surface area contributed by atoms with Crippen LogP contribution in [-0.4, -0.2) is 30.9 Å². The summed E-state index contributed by atoms with van der Waals surface area (Å²) in [6.07, 6.45) is 8.50. The van der Waals surface area contributed by atoms with Crippen molar-refractivity contribution in [3.8, 4) is 0 Å². The van der Waals surface area contributed by atoms with Crippen LogP contribution < -0.4 is 5.32 Å². The highest BCUT2D eigenvalue weighted by molar-refractivity contribution is 5.67. The van der Waals surface area contributed by atoms with Gasteiger partial charge in [0.2, 0.25) is 0 Å².